The second-order valence-electron chi connectivity index (χ2n) is 3.38. The monoisotopic (exact) mass is 210 g/mol. The Morgan fingerprint density at radius 2 is 2.21 bits per heavy atom. The van der Waals surface area contributed by atoms with Gasteiger partial charge in [0.05, 0.1) is 10.7 Å². The zero-order chi connectivity index (χ0) is 10.1. The molecule has 3 nitrogen and oxygen atoms in total. The number of rotatable bonds is 0. The Kier molecular flexibility index (Phi) is 2.33. The van der Waals surface area contributed by atoms with E-state index < -0.39 is 0 Å². The Labute approximate surface area is 87.2 Å². The van der Waals surface area contributed by atoms with Gasteiger partial charge in [0.1, 0.15) is 0 Å². The number of nitrogen functional groups attached to an aromatic ring is 1. The molecular formula is C10H11ClN2O. The number of nitrogens with one attached hydrogen (secondary N) is 1. The summed E-state index contributed by atoms with van der Waals surface area (Å²) in [6.45, 7) is 0.780. The van der Waals surface area contributed by atoms with Crippen LogP contribution < -0.4 is 11.1 Å². The van der Waals surface area contributed by atoms with Crippen LogP contribution in [0.3, 0.4) is 0 Å². The summed E-state index contributed by atoms with van der Waals surface area (Å²) in [6.07, 6.45) is 1.39. The molecule has 4 heteroatoms. The number of nitrogens with two attached hydrogens (primary N) is 1. The minimum absolute atomic E-state index is 0.110. The average molecular weight is 211 g/mol. The highest BCUT2D eigenvalue weighted by atomic mass is 35.5. The molecular weight excluding hydrogens is 200 g/mol. The molecule has 0 aliphatic carbocycles. The van der Waals surface area contributed by atoms with Crippen LogP contribution in [0.2, 0.25) is 5.02 Å². The molecule has 1 aromatic rings. The average Bonchev–Trinajstić information content (AvgIpc) is 2.29. The van der Waals surface area contributed by atoms with Gasteiger partial charge in [-0.25, -0.2) is 0 Å². The topological polar surface area (TPSA) is 55.1 Å². The predicted molar refractivity (Wildman–Crippen MR) is 57.9 cm³/mol. The van der Waals surface area contributed by atoms with E-state index in [4.69, 9.17) is 17.3 Å². The van der Waals surface area contributed by atoms with E-state index in [0.29, 0.717) is 22.7 Å². The molecule has 0 unspecified atom stereocenters. The number of carbonyl (C=O) groups is 1. The second-order valence-corrected chi connectivity index (χ2v) is 3.79. The van der Waals surface area contributed by atoms with Gasteiger partial charge in [0.15, 0.2) is 5.78 Å². The fraction of sp³-hybridized carbons (Fsp3) is 0.300. The van der Waals surface area contributed by atoms with Gasteiger partial charge in [-0.05, 0) is 18.6 Å². The number of anilines is 2. The summed E-state index contributed by atoms with van der Waals surface area (Å²) in [5.41, 5.74) is 7.51. The van der Waals surface area contributed by atoms with Crippen LogP contribution in [-0.2, 0) is 0 Å². The van der Waals surface area contributed by atoms with Crippen molar-refractivity contribution in [2.45, 2.75) is 12.8 Å². The third kappa shape index (κ3) is 1.55. The van der Waals surface area contributed by atoms with Crippen molar-refractivity contribution in [1.29, 1.82) is 0 Å². The second kappa shape index (κ2) is 3.50. The Bertz CT molecular complexity index is 390. The lowest BCUT2D eigenvalue weighted by molar-refractivity contribution is 0.0984. The van der Waals surface area contributed by atoms with Gasteiger partial charge in [-0.1, -0.05) is 11.6 Å². The van der Waals surface area contributed by atoms with E-state index in [1.165, 1.54) is 0 Å². The number of hydrogen-bond donors (Lipinski definition) is 2. The van der Waals surface area contributed by atoms with Gasteiger partial charge in [-0.3, -0.25) is 4.79 Å². The molecule has 0 bridgehead atoms. The Morgan fingerprint density at radius 1 is 1.43 bits per heavy atom. The van der Waals surface area contributed by atoms with Crippen LogP contribution in [0.5, 0.6) is 0 Å². The highest BCUT2D eigenvalue weighted by Gasteiger charge is 2.17. The van der Waals surface area contributed by atoms with Crippen molar-refractivity contribution in [3.8, 4) is 0 Å². The molecule has 0 spiro atoms. The van der Waals surface area contributed by atoms with Crippen LogP contribution in [-0.4, -0.2) is 12.3 Å². The van der Waals surface area contributed by atoms with Crippen LogP contribution in [0.1, 0.15) is 23.2 Å². The first-order valence-electron chi connectivity index (χ1n) is 4.54. The number of Topliss-reactive ketones (excluding diaryl/α,β-unsaturated/α-hetero) is 1. The molecule has 0 atom stereocenters. The summed E-state index contributed by atoms with van der Waals surface area (Å²) < 4.78 is 0. The van der Waals surface area contributed by atoms with Crippen LogP contribution in [0.25, 0.3) is 0 Å². The first-order chi connectivity index (χ1) is 6.68. The van der Waals surface area contributed by atoms with Crippen molar-refractivity contribution in [3.63, 3.8) is 0 Å². The maximum absolute atomic E-state index is 11.7. The molecule has 1 aromatic carbocycles. The minimum Gasteiger partial charge on any atom is -0.399 e. The quantitative estimate of drug-likeness (QED) is 0.647. The van der Waals surface area contributed by atoms with Crippen LogP contribution in [0, 0.1) is 0 Å². The summed E-state index contributed by atoms with van der Waals surface area (Å²) in [5.74, 6) is 0.110. The lowest BCUT2D eigenvalue weighted by Crippen LogP contribution is -2.02. The predicted octanol–water partition coefficient (Wildman–Crippen LogP) is 2.31. The van der Waals surface area contributed by atoms with E-state index in [1.807, 2.05) is 0 Å². The van der Waals surface area contributed by atoms with Gasteiger partial charge in [0.2, 0.25) is 0 Å². The molecule has 74 valence electrons. The molecule has 0 fully saturated rings. The van der Waals surface area contributed by atoms with Crippen molar-refractivity contribution >= 4 is 28.8 Å². The number of benzene rings is 1. The number of halogens is 1. The van der Waals surface area contributed by atoms with Gasteiger partial charge >= 0.3 is 0 Å². The molecule has 0 amide bonds. The maximum Gasteiger partial charge on any atom is 0.165 e. The SMILES string of the molecule is Nc1cc(Cl)c2c(c1)C(=O)CCCN2. The summed E-state index contributed by atoms with van der Waals surface area (Å²) in [7, 11) is 0. The van der Waals surface area contributed by atoms with E-state index in [0.717, 1.165) is 18.7 Å². The molecule has 1 heterocycles. The third-order valence-electron chi connectivity index (χ3n) is 2.30. The fourth-order valence-electron chi connectivity index (χ4n) is 1.62. The van der Waals surface area contributed by atoms with Gasteiger partial charge in [-0.2, -0.15) is 0 Å². The van der Waals surface area contributed by atoms with Crippen LogP contribution >= 0.6 is 11.6 Å². The largest absolute Gasteiger partial charge is 0.399 e. The van der Waals surface area contributed by atoms with Gasteiger partial charge in [-0.15, -0.1) is 0 Å². The van der Waals surface area contributed by atoms with E-state index in [-0.39, 0.29) is 5.78 Å². The first kappa shape index (κ1) is 9.34. The highest BCUT2D eigenvalue weighted by Crippen LogP contribution is 2.31. The smallest absolute Gasteiger partial charge is 0.165 e. The third-order valence-corrected chi connectivity index (χ3v) is 2.59. The van der Waals surface area contributed by atoms with Gasteiger partial charge in [0.25, 0.3) is 0 Å². The number of ketones is 1. The van der Waals surface area contributed by atoms with Crippen LogP contribution in [0.4, 0.5) is 11.4 Å². The summed E-state index contributed by atoms with van der Waals surface area (Å²) in [4.78, 5) is 11.7. The lowest BCUT2D eigenvalue weighted by atomic mass is 10.1. The van der Waals surface area contributed by atoms with E-state index in [9.17, 15) is 4.79 Å². The van der Waals surface area contributed by atoms with Crippen LogP contribution in [0.15, 0.2) is 12.1 Å². The first-order valence-corrected chi connectivity index (χ1v) is 4.92. The Hall–Kier alpha value is -1.22. The van der Waals surface area contributed by atoms with Crippen molar-refractivity contribution < 1.29 is 4.79 Å². The summed E-state index contributed by atoms with van der Waals surface area (Å²) in [5, 5.41) is 3.67. The number of fused-ring (bicyclic) bond motifs is 1. The zero-order valence-corrected chi connectivity index (χ0v) is 8.40. The van der Waals surface area contributed by atoms with E-state index in [1.54, 1.807) is 12.1 Å². The van der Waals surface area contributed by atoms with Crippen molar-refractivity contribution in [2.75, 3.05) is 17.6 Å². The van der Waals surface area contributed by atoms with E-state index in [2.05, 4.69) is 5.32 Å². The van der Waals surface area contributed by atoms with Crippen molar-refractivity contribution in [3.05, 3.63) is 22.7 Å². The molecule has 1 aliphatic heterocycles. The molecule has 14 heavy (non-hydrogen) atoms. The fourth-order valence-corrected chi connectivity index (χ4v) is 1.92. The molecule has 2 rings (SSSR count). The van der Waals surface area contributed by atoms with Crippen molar-refractivity contribution in [2.24, 2.45) is 0 Å². The normalized spacial score (nSPS) is 15.6. The maximum atomic E-state index is 11.7. The molecule has 0 radical (unpaired) electrons. The van der Waals surface area contributed by atoms with E-state index >= 15 is 0 Å². The summed E-state index contributed by atoms with van der Waals surface area (Å²) in [6, 6.07) is 3.34. The van der Waals surface area contributed by atoms with Gasteiger partial charge < -0.3 is 11.1 Å². The molecule has 0 saturated carbocycles. The molecule has 0 aromatic heterocycles. The number of hydrogen-bond acceptors (Lipinski definition) is 3. The lowest BCUT2D eigenvalue weighted by Gasteiger charge is -2.09. The van der Waals surface area contributed by atoms with Crippen molar-refractivity contribution in [1.82, 2.24) is 0 Å². The summed E-state index contributed by atoms with van der Waals surface area (Å²) >= 11 is 5.99. The highest BCUT2D eigenvalue weighted by molar-refractivity contribution is 6.34. The molecule has 1 aliphatic rings. The zero-order valence-electron chi connectivity index (χ0n) is 7.64. The Morgan fingerprint density at radius 3 is 3.00 bits per heavy atom. The molecule has 3 N–H and O–H groups in total. The molecule has 0 saturated heterocycles. The van der Waals surface area contributed by atoms with Gasteiger partial charge in [0, 0.05) is 24.2 Å². The minimum atomic E-state index is 0.110. The Balaban J connectivity index is 2.58. The standard InChI is InChI=1S/C10H11ClN2O/c11-8-5-6(12)4-7-9(14)2-1-3-13-10(7)8/h4-5,13H,1-3,12H2. The number of carbonyl (C=O) groups excluding carboxylic acids is 1.